The zero-order valence-corrected chi connectivity index (χ0v) is 16.9. The monoisotopic (exact) mass is 382 g/mol. The van der Waals surface area contributed by atoms with Crippen LogP contribution in [0.3, 0.4) is 0 Å². The van der Waals surface area contributed by atoms with Gasteiger partial charge < -0.3 is 24.2 Å². The van der Waals surface area contributed by atoms with Crippen LogP contribution < -0.4 is 19.1 Å². The Hall–Kier alpha value is -2.92. The van der Waals surface area contributed by atoms with Crippen LogP contribution in [-0.2, 0) is 13.1 Å². The van der Waals surface area contributed by atoms with Crippen LogP contribution >= 0.6 is 0 Å². The molecule has 3 aromatic carbocycles. The van der Waals surface area contributed by atoms with E-state index in [4.69, 9.17) is 14.2 Å². The molecule has 0 saturated heterocycles. The highest BCUT2D eigenvalue weighted by Gasteiger charge is 2.15. The zero-order valence-electron chi connectivity index (χ0n) is 16.9. The van der Waals surface area contributed by atoms with Gasteiger partial charge in [0.05, 0.1) is 33.4 Å². The molecule has 1 unspecified atom stereocenters. The van der Waals surface area contributed by atoms with Crippen molar-refractivity contribution in [1.29, 1.82) is 0 Å². The molecule has 0 saturated carbocycles. The van der Waals surface area contributed by atoms with Crippen molar-refractivity contribution in [1.82, 2.24) is 0 Å². The number of rotatable bonds is 8. The molecular formula is C23H28NO4+. The number of fused-ring (bicyclic) bond motifs is 1. The molecule has 0 aliphatic heterocycles. The van der Waals surface area contributed by atoms with Gasteiger partial charge in [-0.25, -0.2) is 0 Å². The van der Waals surface area contributed by atoms with Gasteiger partial charge in [0.25, 0.3) is 0 Å². The van der Waals surface area contributed by atoms with Gasteiger partial charge in [0.2, 0.25) is 0 Å². The van der Waals surface area contributed by atoms with Crippen LogP contribution in [0, 0.1) is 0 Å². The molecule has 0 heterocycles. The number of benzene rings is 3. The highest BCUT2D eigenvalue weighted by atomic mass is 16.5. The molecule has 0 bridgehead atoms. The molecule has 1 atom stereocenters. The number of methoxy groups -OCH3 is 2. The third-order valence-electron chi connectivity index (χ3n) is 4.83. The van der Waals surface area contributed by atoms with Gasteiger partial charge >= 0.3 is 0 Å². The number of aromatic hydroxyl groups is 1. The first-order valence-electron chi connectivity index (χ1n) is 9.45. The number of phenolic OH excluding ortho intramolecular Hbond substituents is 1. The SMILES string of the molecule is CCOc1ccc(C[NH+](C)Cc2c(O)ccc3ccc(OC)cc23)cc1OC. The summed E-state index contributed by atoms with van der Waals surface area (Å²) in [5, 5.41) is 12.6. The van der Waals surface area contributed by atoms with Crippen molar-refractivity contribution >= 4 is 10.8 Å². The van der Waals surface area contributed by atoms with Crippen molar-refractivity contribution < 1.29 is 24.2 Å². The highest BCUT2D eigenvalue weighted by molar-refractivity contribution is 5.88. The topological polar surface area (TPSA) is 52.4 Å². The van der Waals surface area contributed by atoms with E-state index in [2.05, 4.69) is 13.1 Å². The molecule has 0 aromatic heterocycles. The number of quaternary nitrogens is 1. The van der Waals surface area contributed by atoms with E-state index in [0.29, 0.717) is 18.9 Å². The minimum Gasteiger partial charge on any atom is -0.507 e. The van der Waals surface area contributed by atoms with Gasteiger partial charge in [-0.15, -0.1) is 0 Å². The zero-order chi connectivity index (χ0) is 20.1. The van der Waals surface area contributed by atoms with Crippen LogP contribution in [0.25, 0.3) is 10.8 Å². The van der Waals surface area contributed by atoms with E-state index in [1.54, 1.807) is 20.3 Å². The van der Waals surface area contributed by atoms with Crippen molar-refractivity contribution in [2.45, 2.75) is 20.0 Å². The highest BCUT2D eigenvalue weighted by Crippen LogP contribution is 2.30. The third kappa shape index (κ3) is 4.31. The number of hydrogen-bond donors (Lipinski definition) is 2. The average molecular weight is 382 g/mol. The van der Waals surface area contributed by atoms with E-state index >= 15 is 0 Å². The average Bonchev–Trinajstić information content (AvgIpc) is 2.71. The van der Waals surface area contributed by atoms with E-state index < -0.39 is 0 Å². The van der Waals surface area contributed by atoms with Crippen LogP contribution in [0.15, 0.2) is 48.5 Å². The fourth-order valence-electron chi connectivity index (χ4n) is 3.47. The Balaban J connectivity index is 1.83. The smallest absolute Gasteiger partial charge is 0.161 e. The molecule has 3 rings (SSSR count). The molecule has 148 valence electrons. The molecule has 5 heteroatoms. The van der Waals surface area contributed by atoms with Gasteiger partial charge in [-0.1, -0.05) is 12.1 Å². The summed E-state index contributed by atoms with van der Waals surface area (Å²) in [6.07, 6.45) is 0. The van der Waals surface area contributed by atoms with Crippen LogP contribution in [0.4, 0.5) is 0 Å². The molecule has 2 N–H and O–H groups in total. The van der Waals surface area contributed by atoms with Gasteiger partial charge in [0.15, 0.2) is 11.5 Å². The summed E-state index contributed by atoms with van der Waals surface area (Å²) in [4.78, 5) is 1.25. The van der Waals surface area contributed by atoms with E-state index in [9.17, 15) is 5.11 Å². The summed E-state index contributed by atoms with van der Waals surface area (Å²) in [5.74, 6) is 2.59. The third-order valence-corrected chi connectivity index (χ3v) is 4.83. The summed E-state index contributed by atoms with van der Waals surface area (Å²) in [7, 11) is 5.42. The first-order chi connectivity index (χ1) is 13.5. The van der Waals surface area contributed by atoms with Gasteiger partial charge in [-0.2, -0.15) is 0 Å². The number of nitrogens with one attached hydrogen (secondary N) is 1. The summed E-state index contributed by atoms with van der Waals surface area (Å²) in [6, 6.07) is 15.7. The lowest BCUT2D eigenvalue weighted by Crippen LogP contribution is -3.06. The van der Waals surface area contributed by atoms with Gasteiger partial charge in [-0.3, -0.25) is 0 Å². The van der Waals surface area contributed by atoms with Crippen LogP contribution in [0.5, 0.6) is 23.0 Å². The lowest BCUT2D eigenvalue weighted by atomic mass is 10.0. The van der Waals surface area contributed by atoms with E-state index in [1.807, 2.05) is 43.3 Å². The normalized spacial score (nSPS) is 12.0. The second-order valence-corrected chi connectivity index (χ2v) is 6.88. The molecule has 0 aliphatic carbocycles. The molecule has 0 amide bonds. The molecular weight excluding hydrogens is 354 g/mol. The lowest BCUT2D eigenvalue weighted by Gasteiger charge is -2.18. The van der Waals surface area contributed by atoms with Gasteiger partial charge in [0, 0.05) is 5.56 Å². The first kappa shape index (κ1) is 19.8. The van der Waals surface area contributed by atoms with Crippen LogP contribution in [0.1, 0.15) is 18.1 Å². The fourth-order valence-corrected chi connectivity index (χ4v) is 3.47. The van der Waals surface area contributed by atoms with Crippen molar-refractivity contribution in [2.75, 3.05) is 27.9 Å². The first-order valence-corrected chi connectivity index (χ1v) is 9.45. The molecule has 28 heavy (non-hydrogen) atoms. The van der Waals surface area contributed by atoms with Crippen LogP contribution in [-0.4, -0.2) is 33.0 Å². The Morgan fingerprint density at radius 3 is 2.39 bits per heavy atom. The molecule has 5 nitrogen and oxygen atoms in total. The number of ether oxygens (including phenoxy) is 3. The van der Waals surface area contributed by atoms with Gasteiger partial charge in [-0.05, 0) is 54.1 Å². The Bertz CT molecular complexity index is 955. The molecule has 0 radical (unpaired) electrons. The van der Waals surface area contributed by atoms with E-state index in [1.165, 1.54) is 4.90 Å². The predicted molar refractivity (Wildman–Crippen MR) is 111 cm³/mol. The minimum absolute atomic E-state index is 0.310. The molecule has 0 fully saturated rings. The van der Waals surface area contributed by atoms with Crippen molar-refractivity contribution in [3.05, 3.63) is 59.7 Å². The maximum absolute atomic E-state index is 10.5. The standard InChI is InChI=1S/C23H27NO4/c1-5-28-22-11-6-16(12-23(22)27-4)14-24(2)15-20-19-13-18(26-3)9-7-17(19)8-10-21(20)25/h6-13,25H,5,14-15H2,1-4H3/p+1. The molecule has 0 aliphatic rings. The fraction of sp³-hybridized carbons (Fsp3) is 0.304. The molecule has 0 spiro atoms. The minimum atomic E-state index is 0.310. The van der Waals surface area contributed by atoms with Crippen molar-refractivity contribution in [2.24, 2.45) is 0 Å². The predicted octanol–water partition coefficient (Wildman–Crippen LogP) is 3.18. The summed E-state index contributed by atoms with van der Waals surface area (Å²) in [5.41, 5.74) is 2.07. The Morgan fingerprint density at radius 1 is 0.893 bits per heavy atom. The number of hydrogen-bond acceptors (Lipinski definition) is 4. The summed E-state index contributed by atoms with van der Waals surface area (Å²) < 4.78 is 16.4. The summed E-state index contributed by atoms with van der Waals surface area (Å²) >= 11 is 0. The second-order valence-electron chi connectivity index (χ2n) is 6.88. The maximum Gasteiger partial charge on any atom is 0.161 e. The second kappa shape index (κ2) is 8.85. The van der Waals surface area contributed by atoms with Gasteiger partial charge in [0.1, 0.15) is 24.6 Å². The molecule has 3 aromatic rings. The number of phenols is 1. The van der Waals surface area contributed by atoms with Crippen molar-refractivity contribution in [3.8, 4) is 23.0 Å². The summed E-state index contributed by atoms with van der Waals surface area (Å²) in [6.45, 7) is 4.04. The van der Waals surface area contributed by atoms with E-state index in [0.717, 1.165) is 45.7 Å². The lowest BCUT2D eigenvalue weighted by molar-refractivity contribution is -0.907. The van der Waals surface area contributed by atoms with Crippen molar-refractivity contribution in [3.63, 3.8) is 0 Å². The Kier molecular flexibility index (Phi) is 6.26. The largest absolute Gasteiger partial charge is 0.507 e. The quantitative estimate of drug-likeness (QED) is 0.628. The maximum atomic E-state index is 10.5. The van der Waals surface area contributed by atoms with E-state index in [-0.39, 0.29) is 0 Å². The Morgan fingerprint density at radius 2 is 1.68 bits per heavy atom. The van der Waals surface area contributed by atoms with Crippen LogP contribution in [0.2, 0.25) is 0 Å². The Labute approximate surface area is 166 Å².